The topological polar surface area (TPSA) is 85.4 Å². The monoisotopic (exact) mass is 390 g/mol. The number of pyridine rings is 1. The molecule has 2 aromatic rings. The maximum absolute atomic E-state index is 13.8. The number of alkyl halides is 3. The lowest BCUT2D eigenvalue weighted by atomic mass is 9.84. The number of aromatic hydroxyl groups is 1. The minimum Gasteiger partial charge on any atom is -0.508 e. The van der Waals surface area contributed by atoms with Crippen molar-refractivity contribution in [2.24, 2.45) is 5.73 Å². The van der Waals surface area contributed by atoms with Gasteiger partial charge in [-0.25, -0.2) is 4.98 Å². The van der Waals surface area contributed by atoms with Crippen molar-refractivity contribution in [2.75, 3.05) is 0 Å². The normalized spacial score (nSPS) is 18.0. The van der Waals surface area contributed by atoms with Crippen molar-refractivity contribution in [3.8, 4) is 5.75 Å². The first-order chi connectivity index (χ1) is 13.1. The number of allylic oxidation sites excluding steroid dienone is 1. The van der Waals surface area contributed by atoms with Crippen LogP contribution in [0.15, 0.2) is 18.2 Å². The van der Waals surface area contributed by atoms with E-state index in [1.807, 2.05) is 0 Å². The Morgan fingerprint density at radius 1 is 1.25 bits per heavy atom. The molecule has 5 nitrogen and oxygen atoms in total. The second kappa shape index (κ2) is 6.07. The summed E-state index contributed by atoms with van der Waals surface area (Å²) < 4.78 is 46.7. The lowest BCUT2D eigenvalue weighted by Gasteiger charge is -2.21. The number of nitrogens with zero attached hydrogens (tertiary/aromatic N) is 1. The lowest BCUT2D eigenvalue weighted by Crippen LogP contribution is -2.19. The van der Waals surface area contributed by atoms with Gasteiger partial charge in [-0.3, -0.25) is 4.79 Å². The summed E-state index contributed by atoms with van der Waals surface area (Å²) in [5.41, 5.74) is 6.87. The molecular formula is C20H17F3N2O3. The zero-order valence-electron chi connectivity index (χ0n) is 15.1. The minimum atomic E-state index is -4.76. The molecular weight excluding hydrogens is 373 g/mol. The van der Waals surface area contributed by atoms with Gasteiger partial charge < -0.3 is 15.6 Å². The van der Waals surface area contributed by atoms with E-state index in [9.17, 15) is 23.1 Å². The van der Waals surface area contributed by atoms with Gasteiger partial charge in [-0.2, -0.15) is 13.2 Å². The number of primary amides is 1. The Bertz CT molecular complexity index is 1060. The van der Waals surface area contributed by atoms with Gasteiger partial charge in [0.1, 0.15) is 5.75 Å². The fraction of sp³-hybridized carbons (Fsp3) is 0.300. The van der Waals surface area contributed by atoms with Crippen LogP contribution < -0.4 is 5.73 Å². The third kappa shape index (κ3) is 2.59. The highest BCUT2D eigenvalue weighted by atomic mass is 19.4. The first-order valence-electron chi connectivity index (χ1n) is 8.63. The first-order valence-corrected chi connectivity index (χ1v) is 8.63. The number of rotatable bonds is 2. The summed E-state index contributed by atoms with van der Waals surface area (Å²) >= 11 is 0. The number of aromatic nitrogens is 1. The average molecular weight is 390 g/mol. The van der Waals surface area contributed by atoms with Gasteiger partial charge in [0.25, 0.3) is 0 Å². The Balaban J connectivity index is 2.10. The second-order valence-electron chi connectivity index (χ2n) is 7.03. The van der Waals surface area contributed by atoms with Crippen molar-refractivity contribution in [2.45, 2.75) is 39.2 Å². The van der Waals surface area contributed by atoms with Gasteiger partial charge in [0.05, 0.1) is 18.9 Å². The Morgan fingerprint density at radius 2 is 1.96 bits per heavy atom. The van der Waals surface area contributed by atoms with E-state index in [4.69, 9.17) is 10.5 Å². The van der Waals surface area contributed by atoms with Crippen LogP contribution in [-0.4, -0.2) is 16.0 Å². The number of amides is 1. The van der Waals surface area contributed by atoms with Crippen molar-refractivity contribution in [1.82, 2.24) is 4.98 Å². The largest absolute Gasteiger partial charge is 0.508 e. The maximum atomic E-state index is 13.8. The van der Waals surface area contributed by atoms with Crippen molar-refractivity contribution in [3.63, 3.8) is 0 Å². The highest BCUT2D eigenvalue weighted by Crippen LogP contribution is 2.50. The molecule has 1 unspecified atom stereocenters. The van der Waals surface area contributed by atoms with Crippen LogP contribution in [0.25, 0.3) is 5.57 Å². The minimum absolute atomic E-state index is 0.0255. The molecule has 2 aliphatic rings. The molecule has 1 aromatic carbocycles. The summed E-state index contributed by atoms with van der Waals surface area (Å²) in [5.74, 6) is -1.59. The van der Waals surface area contributed by atoms with E-state index in [-0.39, 0.29) is 35.8 Å². The number of carbonyl (C=O) groups excluding carboxylic acids is 1. The molecule has 0 saturated carbocycles. The quantitative estimate of drug-likeness (QED) is 0.822. The van der Waals surface area contributed by atoms with E-state index in [0.29, 0.717) is 22.3 Å². The molecule has 1 aliphatic carbocycles. The van der Waals surface area contributed by atoms with E-state index in [2.05, 4.69) is 4.98 Å². The Morgan fingerprint density at radius 3 is 2.61 bits per heavy atom. The zero-order chi connectivity index (χ0) is 20.4. The number of carbonyl (C=O) groups is 1. The SMILES string of the molecule is Cc1ccc(O)c(C)c1C1C=C(C(N)=O)c2c(C(F)(F)F)nc3c(c21)COC3. The smallest absolute Gasteiger partial charge is 0.433 e. The Labute approximate surface area is 158 Å². The van der Waals surface area contributed by atoms with Crippen LogP contribution in [0.3, 0.4) is 0 Å². The Hall–Kier alpha value is -2.87. The van der Waals surface area contributed by atoms with E-state index >= 15 is 0 Å². The standard InChI is InChI=1S/C20H17F3N2O3/c1-8-3-4-14(26)9(2)15(8)10-5-11(19(24)27)17-16(10)12-6-28-7-13(12)25-18(17)20(21,22)23/h3-5,10,26H,6-7H2,1-2H3,(H2,24,27). The molecule has 4 rings (SSSR count). The molecule has 0 bridgehead atoms. The first kappa shape index (κ1) is 18.5. The predicted molar refractivity (Wildman–Crippen MR) is 94.3 cm³/mol. The van der Waals surface area contributed by atoms with Crippen molar-refractivity contribution >= 4 is 11.5 Å². The number of aryl methyl sites for hydroxylation is 1. The molecule has 3 N–H and O–H groups in total. The number of phenols is 1. The number of hydrogen-bond acceptors (Lipinski definition) is 4. The number of ether oxygens (including phenoxy) is 1. The molecule has 1 amide bonds. The van der Waals surface area contributed by atoms with Crippen molar-refractivity contribution in [3.05, 3.63) is 63.0 Å². The van der Waals surface area contributed by atoms with Gasteiger partial charge in [-0.15, -0.1) is 0 Å². The molecule has 0 saturated heterocycles. The van der Waals surface area contributed by atoms with E-state index in [1.54, 1.807) is 19.9 Å². The lowest BCUT2D eigenvalue weighted by molar-refractivity contribution is -0.141. The van der Waals surface area contributed by atoms with Gasteiger partial charge in [0.15, 0.2) is 5.69 Å². The van der Waals surface area contributed by atoms with Crippen LogP contribution in [0.4, 0.5) is 13.2 Å². The van der Waals surface area contributed by atoms with Crippen LogP contribution in [-0.2, 0) is 28.9 Å². The Kier molecular flexibility index (Phi) is 4.01. The molecule has 0 radical (unpaired) electrons. The fourth-order valence-corrected chi connectivity index (χ4v) is 4.14. The van der Waals surface area contributed by atoms with E-state index in [0.717, 1.165) is 5.56 Å². The van der Waals surface area contributed by atoms with Crippen LogP contribution in [0.2, 0.25) is 0 Å². The number of fused-ring (bicyclic) bond motifs is 3. The summed E-state index contributed by atoms with van der Waals surface area (Å²) in [7, 11) is 0. The summed E-state index contributed by atoms with van der Waals surface area (Å²) in [6.45, 7) is 3.58. The van der Waals surface area contributed by atoms with E-state index < -0.39 is 23.7 Å². The van der Waals surface area contributed by atoms with Gasteiger partial charge in [-0.1, -0.05) is 12.1 Å². The second-order valence-corrected chi connectivity index (χ2v) is 7.03. The van der Waals surface area contributed by atoms with Gasteiger partial charge in [0, 0.05) is 22.6 Å². The van der Waals surface area contributed by atoms with Crippen LogP contribution in [0.1, 0.15) is 50.7 Å². The molecule has 1 aliphatic heterocycles. The third-order valence-electron chi connectivity index (χ3n) is 5.37. The average Bonchev–Trinajstić information content (AvgIpc) is 3.21. The molecule has 2 heterocycles. The molecule has 8 heteroatoms. The maximum Gasteiger partial charge on any atom is 0.433 e. The third-order valence-corrected chi connectivity index (χ3v) is 5.37. The number of hydrogen-bond donors (Lipinski definition) is 2. The summed E-state index contributed by atoms with van der Waals surface area (Å²) in [5, 5.41) is 10.2. The number of phenolic OH excluding ortho intramolecular Hbond substituents is 1. The molecule has 146 valence electrons. The van der Waals surface area contributed by atoms with Crippen molar-refractivity contribution in [1.29, 1.82) is 0 Å². The predicted octanol–water partition coefficient (Wildman–Crippen LogP) is 3.47. The number of nitrogens with two attached hydrogens (primary N) is 1. The van der Waals surface area contributed by atoms with Gasteiger partial charge >= 0.3 is 6.18 Å². The van der Waals surface area contributed by atoms with E-state index in [1.165, 1.54) is 12.1 Å². The number of benzene rings is 1. The molecule has 0 fully saturated rings. The highest BCUT2D eigenvalue weighted by molar-refractivity contribution is 6.21. The molecule has 28 heavy (non-hydrogen) atoms. The van der Waals surface area contributed by atoms with Crippen LogP contribution >= 0.6 is 0 Å². The molecule has 1 atom stereocenters. The summed E-state index contributed by atoms with van der Waals surface area (Å²) in [6.07, 6.45) is -3.31. The zero-order valence-corrected chi connectivity index (χ0v) is 15.1. The van der Waals surface area contributed by atoms with Gasteiger partial charge in [0.2, 0.25) is 5.91 Å². The highest BCUT2D eigenvalue weighted by Gasteiger charge is 2.44. The van der Waals surface area contributed by atoms with Crippen molar-refractivity contribution < 1.29 is 27.8 Å². The van der Waals surface area contributed by atoms with Crippen LogP contribution in [0, 0.1) is 13.8 Å². The summed E-state index contributed by atoms with van der Waals surface area (Å²) in [6, 6.07) is 3.22. The fourth-order valence-electron chi connectivity index (χ4n) is 4.14. The molecule has 0 spiro atoms. The van der Waals surface area contributed by atoms with Gasteiger partial charge in [-0.05, 0) is 42.2 Å². The molecule has 1 aromatic heterocycles. The van der Waals surface area contributed by atoms with Crippen LogP contribution in [0.5, 0.6) is 5.75 Å². The number of halogens is 3. The summed E-state index contributed by atoms with van der Waals surface area (Å²) in [4.78, 5) is 15.8.